The highest BCUT2D eigenvalue weighted by atomic mass is 32.1. The number of aliphatic hydroxyl groups is 1. The van der Waals surface area contributed by atoms with Gasteiger partial charge in [-0.1, -0.05) is 0 Å². The summed E-state index contributed by atoms with van der Waals surface area (Å²) in [6, 6.07) is 0.556. The highest BCUT2D eigenvalue weighted by molar-refractivity contribution is 7.09. The van der Waals surface area contributed by atoms with Crippen LogP contribution < -0.4 is 0 Å². The van der Waals surface area contributed by atoms with Crippen molar-refractivity contribution in [3.05, 3.63) is 34.3 Å². The first-order chi connectivity index (χ1) is 8.24. The predicted octanol–water partition coefficient (Wildman–Crippen LogP) is 2.26. The third kappa shape index (κ3) is 2.25. The first-order valence-corrected chi connectivity index (χ1v) is 6.73. The minimum atomic E-state index is -0.497. The molecule has 2 aromatic heterocycles. The monoisotopic (exact) mass is 249 g/mol. The zero-order valence-electron chi connectivity index (χ0n) is 9.71. The van der Waals surface area contributed by atoms with Crippen LogP contribution in [0.1, 0.15) is 41.4 Å². The molecule has 1 fully saturated rings. The molecular weight excluding hydrogens is 234 g/mol. The average Bonchev–Trinajstić information content (AvgIpc) is 2.88. The van der Waals surface area contributed by atoms with Gasteiger partial charge in [-0.15, -0.1) is 11.3 Å². The molecule has 0 radical (unpaired) electrons. The zero-order chi connectivity index (χ0) is 11.8. The molecule has 1 aliphatic rings. The molecular formula is C12H15N3OS. The lowest BCUT2D eigenvalue weighted by Crippen LogP contribution is -2.08. The largest absolute Gasteiger partial charge is 0.386 e. The topological polar surface area (TPSA) is 50.9 Å². The molecule has 4 nitrogen and oxygen atoms in total. The van der Waals surface area contributed by atoms with E-state index < -0.39 is 6.10 Å². The molecule has 2 aromatic rings. The Kier molecular flexibility index (Phi) is 2.72. The molecule has 2 heterocycles. The summed E-state index contributed by atoms with van der Waals surface area (Å²) in [7, 11) is 0. The normalized spacial score (nSPS) is 17.3. The Balaban J connectivity index is 1.76. The Morgan fingerprint density at radius 1 is 1.59 bits per heavy atom. The van der Waals surface area contributed by atoms with Gasteiger partial charge in [-0.2, -0.15) is 0 Å². The predicted molar refractivity (Wildman–Crippen MR) is 66.0 cm³/mol. The van der Waals surface area contributed by atoms with Crippen molar-refractivity contribution >= 4 is 11.3 Å². The number of thiazole rings is 1. The lowest BCUT2D eigenvalue weighted by molar-refractivity contribution is 0.168. The van der Waals surface area contributed by atoms with Crippen LogP contribution in [-0.2, 0) is 6.42 Å². The van der Waals surface area contributed by atoms with E-state index >= 15 is 0 Å². The van der Waals surface area contributed by atoms with E-state index in [1.807, 2.05) is 18.6 Å². The van der Waals surface area contributed by atoms with Crippen molar-refractivity contribution in [1.82, 2.24) is 14.5 Å². The smallest absolute Gasteiger partial charge is 0.102 e. The molecule has 5 heteroatoms. The van der Waals surface area contributed by atoms with Crippen LogP contribution in [0.15, 0.2) is 17.9 Å². The molecule has 0 spiro atoms. The van der Waals surface area contributed by atoms with E-state index in [9.17, 15) is 5.11 Å². The van der Waals surface area contributed by atoms with Crippen LogP contribution in [0.5, 0.6) is 0 Å². The summed E-state index contributed by atoms with van der Waals surface area (Å²) in [6.45, 7) is 1.97. The molecule has 1 N–H and O–H groups in total. The van der Waals surface area contributed by atoms with Crippen molar-refractivity contribution in [2.45, 2.75) is 38.3 Å². The van der Waals surface area contributed by atoms with E-state index in [1.54, 1.807) is 17.5 Å². The van der Waals surface area contributed by atoms with Crippen molar-refractivity contribution in [2.24, 2.45) is 0 Å². The molecule has 17 heavy (non-hydrogen) atoms. The average molecular weight is 249 g/mol. The lowest BCUT2D eigenvalue weighted by atomic mass is 10.2. The summed E-state index contributed by atoms with van der Waals surface area (Å²) in [6.07, 6.45) is 6.08. The molecule has 1 unspecified atom stereocenters. The van der Waals surface area contributed by atoms with Gasteiger partial charge < -0.3 is 9.67 Å². The number of rotatable bonds is 4. The fourth-order valence-electron chi connectivity index (χ4n) is 2.00. The van der Waals surface area contributed by atoms with Crippen LogP contribution in [0.2, 0.25) is 0 Å². The maximum atomic E-state index is 10.2. The number of aliphatic hydroxyl groups excluding tert-OH is 1. The number of aromatic nitrogens is 3. The molecule has 1 aliphatic carbocycles. The van der Waals surface area contributed by atoms with Crippen LogP contribution >= 0.6 is 11.3 Å². The summed E-state index contributed by atoms with van der Waals surface area (Å²) in [5.41, 5.74) is 1.94. The SMILES string of the molecule is Cc1csc(CC(O)c2cncn2C2CC2)n1. The number of aryl methyl sites for hydroxylation is 1. The van der Waals surface area contributed by atoms with Crippen molar-refractivity contribution in [1.29, 1.82) is 0 Å². The fraction of sp³-hybridized carbons (Fsp3) is 0.500. The maximum Gasteiger partial charge on any atom is 0.102 e. The first kappa shape index (κ1) is 10.9. The van der Waals surface area contributed by atoms with Gasteiger partial charge in [-0.25, -0.2) is 9.97 Å². The Bertz CT molecular complexity index is 515. The van der Waals surface area contributed by atoms with Gasteiger partial charge in [0.1, 0.15) is 6.10 Å². The van der Waals surface area contributed by atoms with Crippen LogP contribution in [0.25, 0.3) is 0 Å². The quantitative estimate of drug-likeness (QED) is 0.904. The van der Waals surface area contributed by atoms with Crippen molar-refractivity contribution in [3.63, 3.8) is 0 Å². The summed E-state index contributed by atoms with van der Waals surface area (Å²) in [5.74, 6) is 0. The number of nitrogens with zero attached hydrogens (tertiary/aromatic N) is 3. The minimum absolute atomic E-state index is 0.497. The molecule has 3 rings (SSSR count). The van der Waals surface area contributed by atoms with Crippen LogP contribution in [-0.4, -0.2) is 19.6 Å². The van der Waals surface area contributed by atoms with Crippen LogP contribution in [0, 0.1) is 6.92 Å². The number of hydrogen-bond donors (Lipinski definition) is 1. The Morgan fingerprint density at radius 2 is 2.41 bits per heavy atom. The molecule has 0 amide bonds. The van der Waals surface area contributed by atoms with Gasteiger partial charge in [0.05, 0.1) is 23.2 Å². The number of hydrogen-bond acceptors (Lipinski definition) is 4. The van der Waals surface area contributed by atoms with Gasteiger partial charge in [0.25, 0.3) is 0 Å². The summed E-state index contributed by atoms with van der Waals surface area (Å²) >= 11 is 1.60. The second kappa shape index (κ2) is 4.23. The van der Waals surface area contributed by atoms with Gasteiger partial charge in [-0.3, -0.25) is 0 Å². The van der Waals surface area contributed by atoms with Gasteiger partial charge in [0.2, 0.25) is 0 Å². The highest BCUT2D eigenvalue weighted by Crippen LogP contribution is 2.37. The van der Waals surface area contributed by atoms with Gasteiger partial charge in [0, 0.05) is 23.5 Å². The number of imidazole rings is 1. The molecule has 1 atom stereocenters. The van der Waals surface area contributed by atoms with Crippen molar-refractivity contribution < 1.29 is 5.11 Å². The zero-order valence-corrected chi connectivity index (χ0v) is 10.5. The standard InChI is InChI=1S/C12H15N3OS/c1-8-6-17-12(14-8)4-11(16)10-5-13-7-15(10)9-2-3-9/h5-7,9,11,16H,2-4H2,1H3. The Morgan fingerprint density at radius 3 is 3.06 bits per heavy atom. The van der Waals surface area contributed by atoms with Crippen LogP contribution in [0.4, 0.5) is 0 Å². The first-order valence-electron chi connectivity index (χ1n) is 5.85. The summed E-state index contributed by atoms with van der Waals surface area (Å²) in [4.78, 5) is 8.52. The van der Waals surface area contributed by atoms with Gasteiger partial charge in [-0.05, 0) is 19.8 Å². The highest BCUT2D eigenvalue weighted by Gasteiger charge is 2.27. The third-order valence-electron chi connectivity index (χ3n) is 3.01. The van der Waals surface area contributed by atoms with Crippen molar-refractivity contribution in [3.8, 4) is 0 Å². The molecule has 0 bridgehead atoms. The lowest BCUT2D eigenvalue weighted by Gasteiger charge is -2.11. The van der Waals surface area contributed by atoms with E-state index in [0.717, 1.165) is 16.4 Å². The van der Waals surface area contributed by atoms with Gasteiger partial charge >= 0.3 is 0 Å². The maximum absolute atomic E-state index is 10.2. The Labute approximate surface area is 104 Å². The third-order valence-corrected chi connectivity index (χ3v) is 4.00. The van der Waals surface area contributed by atoms with E-state index in [0.29, 0.717) is 12.5 Å². The molecule has 90 valence electrons. The van der Waals surface area contributed by atoms with E-state index in [1.165, 1.54) is 12.8 Å². The summed E-state index contributed by atoms with van der Waals surface area (Å²) in [5, 5.41) is 13.2. The van der Waals surface area contributed by atoms with E-state index in [2.05, 4.69) is 14.5 Å². The van der Waals surface area contributed by atoms with Crippen molar-refractivity contribution in [2.75, 3.05) is 0 Å². The van der Waals surface area contributed by atoms with Crippen LogP contribution in [0.3, 0.4) is 0 Å². The van der Waals surface area contributed by atoms with E-state index in [-0.39, 0.29) is 0 Å². The molecule has 0 aliphatic heterocycles. The van der Waals surface area contributed by atoms with E-state index in [4.69, 9.17) is 0 Å². The minimum Gasteiger partial charge on any atom is -0.386 e. The fourth-order valence-corrected chi connectivity index (χ4v) is 2.81. The summed E-state index contributed by atoms with van der Waals surface area (Å²) < 4.78 is 2.10. The molecule has 1 saturated carbocycles. The second-order valence-corrected chi connectivity index (χ2v) is 5.50. The molecule has 0 saturated heterocycles. The molecule has 0 aromatic carbocycles. The Hall–Kier alpha value is -1.20. The second-order valence-electron chi connectivity index (χ2n) is 4.56. The van der Waals surface area contributed by atoms with Gasteiger partial charge in [0.15, 0.2) is 0 Å².